The average Bonchev–Trinajstić information content (AvgIpc) is 2.38. The number of hydrogen-bond donors (Lipinski definition) is 0. The summed E-state index contributed by atoms with van der Waals surface area (Å²) in [6.07, 6.45) is 0. The fourth-order valence-electron chi connectivity index (χ4n) is 2.50. The molecule has 1 aromatic carbocycles. The standard InChI is InChI=1S/C14H20N2O2/c1-11(17)16-9-8-15(2)10-13(16)12-6-4-5-7-14(12)18-3/h4-7,13H,8-10H2,1-3H3. The van der Waals surface area contributed by atoms with E-state index in [9.17, 15) is 4.79 Å². The zero-order chi connectivity index (χ0) is 13.1. The van der Waals surface area contributed by atoms with E-state index in [-0.39, 0.29) is 11.9 Å². The second-order valence-electron chi connectivity index (χ2n) is 4.73. The number of carbonyl (C=O) groups excluding carboxylic acids is 1. The average molecular weight is 248 g/mol. The van der Waals surface area contributed by atoms with E-state index in [0.29, 0.717) is 0 Å². The lowest BCUT2D eigenvalue weighted by Crippen LogP contribution is -2.48. The Labute approximate surface area is 108 Å². The van der Waals surface area contributed by atoms with Gasteiger partial charge in [-0.3, -0.25) is 4.79 Å². The molecule has 1 amide bonds. The predicted molar refractivity (Wildman–Crippen MR) is 70.6 cm³/mol. The lowest BCUT2D eigenvalue weighted by atomic mass is 10.0. The molecule has 2 rings (SSSR count). The number of hydrogen-bond acceptors (Lipinski definition) is 3. The molecule has 1 heterocycles. The van der Waals surface area contributed by atoms with E-state index in [1.165, 1.54) is 0 Å². The number of para-hydroxylation sites is 1. The highest BCUT2D eigenvalue weighted by molar-refractivity contribution is 5.74. The third-order valence-corrected chi connectivity index (χ3v) is 3.49. The summed E-state index contributed by atoms with van der Waals surface area (Å²) in [5, 5.41) is 0. The molecule has 1 atom stereocenters. The molecule has 98 valence electrons. The van der Waals surface area contributed by atoms with Crippen molar-refractivity contribution in [1.82, 2.24) is 9.80 Å². The van der Waals surface area contributed by atoms with Crippen LogP contribution in [-0.2, 0) is 4.79 Å². The normalized spacial score (nSPS) is 20.8. The molecule has 0 bridgehead atoms. The highest BCUT2D eigenvalue weighted by Gasteiger charge is 2.30. The van der Waals surface area contributed by atoms with Crippen LogP contribution >= 0.6 is 0 Å². The first kappa shape index (κ1) is 12.9. The Hall–Kier alpha value is -1.55. The molecular weight excluding hydrogens is 228 g/mol. The van der Waals surface area contributed by atoms with Crippen LogP contribution in [0.15, 0.2) is 24.3 Å². The summed E-state index contributed by atoms with van der Waals surface area (Å²) in [5.41, 5.74) is 1.08. The molecule has 0 spiro atoms. The van der Waals surface area contributed by atoms with Crippen LogP contribution in [0.25, 0.3) is 0 Å². The first-order valence-electron chi connectivity index (χ1n) is 6.22. The van der Waals surface area contributed by atoms with Crippen molar-refractivity contribution in [1.29, 1.82) is 0 Å². The summed E-state index contributed by atoms with van der Waals surface area (Å²) in [7, 11) is 3.75. The van der Waals surface area contributed by atoms with Crippen molar-refractivity contribution < 1.29 is 9.53 Å². The number of benzene rings is 1. The fraction of sp³-hybridized carbons (Fsp3) is 0.500. The molecule has 1 saturated heterocycles. The number of piperazine rings is 1. The van der Waals surface area contributed by atoms with Crippen molar-refractivity contribution in [3.05, 3.63) is 29.8 Å². The minimum atomic E-state index is 0.0809. The number of methoxy groups -OCH3 is 1. The van der Waals surface area contributed by atoms with Gasteiger partial charge in [0.2, 0.25) is 5.91 Å². The van der Waals surface area contributed by atoms with Gasteiger partial charge in [-0.15, -0.1) is 0 Å². The largest absolute Gasteiger partial charge is 0.496 e. The third kappa shape index (κ3) is 2.48. The molecule has 0 radical (unpaired) electrons. The molecule has 0 saturated carbocycles. The number of carbonyl (C=O) groups is 1. The Bertz CT molecular complexity index is 434. The molecule has 18 heavy (non-hydrogen) atoms. The molecule has 1 aliphatic heterocycles. The molecule has 4 nitrogen and oxygen atoms in total. The molecule has 1 aliphatic rings. The van der Waals surface area contributed by atoms with Crippen LogP contribution in [0.2, 0.25) is 0 Å². The summed E-state index contributed by atoms with van der Waals surface area (Å²) < 4.78 is 5.41. The first-order valence-corrected chi connectivity index (χ1v) is 6.22. The van der Waals surface area contributed by atoms with E-state index in [4.69, 9.17) is 4.74 Å². The Morgan fingerprint density at radius 2 is 2.06 bits per heavy atom. The number of nitrogens with zero attached hydrogens (tertiary/aromatic N) is 2. The molecule has 0 N–H and O–H groups in total. The van der Waals surface area contributed by atoms with Gasteiger partial charge in [-0.2, -0.15) is 0 Å². The maximum atomic E-state index is 11.8. The topological polar surface area (TPSA) is 32.8 Å². The highest BCUT2D eigenvalue weighted by Crippen LogP contribution is 2.31. The molecule has 4 heteroatoms. The van der Waals surface area contributed by atoms with Crippen LogP contribution in [0.4, 0.5) is 0 Å². The van der Waals surface area contributed by atoms with Gasteiger partial charge < -0.3 is 14.5 Å². The van der Waals surface area contributed by atoms with Gasteiger partial charge in [-0.25, -0.2) is 0 Å². The van der Waals surface area contributed by atoms with Gasteiger partial charge in [0.15, 0.2) is 0 Å². The van der Waals surface area contributed by atoms with E-state index in [2.05, 4.69) is 11.9 Å². The summed E-state index contributed by atoms with van der Waals surface area (Å²) in [6.45, 7) is 4.17. The van der Waals surface area contributed by atoms with Crippen LogP contribution in [0.5, 0.6) is 5.75 Å². The maximum absolute atomic E-state index is 11.8. The van der Waals surface area contributed by atoms with E-state index < -0.39 is 0 Å². The van der Waals surface area contributed by atoms with Crippen molar-refractivity contribution in [2.45, 2.75) is 13.0 Å². The molecule has 1 aromatic rings. The molecular formula is C14H20N2O2. The van der Waals surface area contributed by atoms with Crippen molar-refractivity contribution in [3.63, 3.8) is 0 Å². The first-order chi connectivity index (χ1) is 8.63. The molecule has 1 unspecified atom stereocenters. The van der Waals surface area contributed by atoms with Gasteiger partial charge in [-0.05, 0) is 13.1 Å². The van der Waals surface area contributed by atoms with Gasteiger partial charge in [-0.1, -0.05) is 18.2 Å². The van der Waals surface area contributed by atoms with Crippen molar-refractivity contribution in [2.24, 2.45) is 0 Å². The minimum absolute atomic E-state index is 0.0809. The molecule has 0 aromatic heterocycles. The maximum Gasteiger partial charge on any atom is 0.220 e. The zero-order valence-corrected chi connectivity index (χ0v) is 11.2. The lowest BCUT2D eigenvalue weighted by molar-refractivity contribution is -0.133. The second kappa shape index (κ2) is 5.40. The van der Waals surface area contributed by atoms with E-state index in [1.54, 1.807) is 14.0 Å². The summed E-state index contributed by atoms with van der Waals surface area (Å²) in [5.74, 6) is 0.975. The second-order valence-corrected chi connectivity index (χ2v) is 4.73. The molecule has 1 fully saturated rings. The van der Waals surface area contributed by atoms with Gasteiger partial charge in [0.1, 0.15) is 5.75 Å². The van der Waals surface area contributed by atoms with E-state index in [1.807, 2.05) is 29.2 Å². The Morgan fingerprint density at radius 1 is 1.33 bits per heavy atom. The SMILES string of the molecule is COc1ccccc1C1CN(C)CCN1C(C)=O. The number of ether oxygens (including phenoxy) is 1. The smallest absolute Gasteiger partial charge is 0.220 e. The van der Waals surface area contributed by atoms with Crippen LogP contribution in [0.3, 0.4) is 0 Å². The quantitative estimate of drug-likeness (QED) is 0.795. The predicted octanol–water partition coefficient (Wildman–Crippen LogP) is 1.53. The zero-order valence-electron chi connectivity index (χ0n) is 11.2. The van der Waals surface area contributed by atoms with Gasteiger partial charge in [0.25, 0.3) is 0 Å². The van der Waals surface area contributed by atoms with Gasteiger partial charge >= 0.3 is 0 Å². The van der Waals surface area contributed by atoms with Gasteiger partial charge in [0, 0.05) is 32.1 Å². The Kier molecular flexibility index (Phi) is 3.87. The highest BCUT2D eigenvalue weighted by atomic mass is 16.5. The van der Waals surface area contributed by atoms with Crippen molar-refractivity contribution in [3.8, 4) is 5.75 Å². The Balaban J connectivity index is 2.34. The van der Waals surface area contributed by atoms with Crippen LogP contribution in [0.1, 0.15) is 18.5 Å². The Morgan fingerprint density at radius 3 is 2.72 bits per heavy atom. The summed E-state index contributed by atoms with van der Waals surface area (Å²) in [4.78, 5) is 15.9. The lowest BCUT2D eigenvalue weighted by Gasteiger charge is -2.40. The van der Waals surface area contributed by atoms with Crippen LogP contribution in [-0.4, -0.2) is 49.5 Å². The van der Waals surface area contributed by atoms with Crippen molar-refractivity contribution >= 4 is 5.91 Å². The van der Waals surface area contributed by atoms with Gasteiger partial charge in [0.05, 0.1) is 13.2 Å². The summed E-state index contributed by atoms with van der Waals surface area (Å²) in [6, 6.07) is 8.01. The third-order valence-electron chi connectivity index (χ3n) is 3.49. The fourth-order valence-corrected chi connectivity index (χ4v) is 2.50. The van der Waals surface area contributed by atoms with E-state index >= 15 is 0 Å². The molecule has 0 aliphatic carbocycles. The number of rotatable bonds is 2. The summed E-state index contributed by atoms with van der Waals surface area (Å²) >= 11 is 0. The van der Waals surface area contributed by atoms with E-state index in [0.717, 1.165) is 30.9 Å². The minimum Gasteiger partial charge on any atom is -0.496 e. The van der Waals surface area contributed by atoms with Crippen LogP contribution in [0, 0.1) is 0 Å². The number of likely N-dealkylation sites (N-methyl/N-ethyl adjacent to an activating group) is 1. The van der Waals surface area contributed by atoms with Crippen LogP contribution < -0.4 is 4.74 Å². The van der Waals surface area contributed by atoms with Crippen molar-refractivity contribution in [2.75, 3.05) is 33.8 Å². The number of amides is 1. The monoisotopic (exact) mass is 248 g/mol.